The van der Waals surface area contributed by atoms with Crippen LogP contribution in [0.15, 0.2) is 0 Å². The van der Waals surface area contributed by atoms with Crippen molar-refractivity contribution < 1.29 is 14.6 Å². The zero-order chi connectivity index (χ0) is 10.3. The maximum atomic E-state index is 10.6. The first-order valence-electron chi connectivity index (χ1n) is 4.44. The summed E-state index contributed by atoms with van der Waals surface area (Å²) in [6.45, 7) is 4.75. The van der Waals surface area contributed by atoms with E-state index in [1.165, 1.54) is 0 Å². The van der Waals surface area contributed by atoms with E-state index in [1.807, 2.05) is 19.9 Å². The summed E-state index contributed by atoms with van der Waals surface area (Å²) in [5.41, 5.74) is -1.18. The van der Waals surface area contributed by atoms with Gasteiger partial charge in [0.25, 0.3) is 0 Å². The smallest absolute Gasteiger partial charge is 0.324 e. The van der Waals surface area contributed by atoms with Crippen molar-refractivity contribution >= 4 is 5.97 Å². The molecule has 0 aromatic rings. The average Bonchev–Trinajstić information content (AvgIpc) is 2.21. The zero-order valence-electron chi connectivity index (χ0n) is 8.04. The van der Waals surface area contributed by atoms with Crippen LogP contribution in [-0.4, -0.2) is 24.3 Å². The van der Waals surface area contributed by atoms with Crippen molar-refractivity contribution in [2.45, 2.75) is 26.7 Å². The molecule has 13 heavy (non-hydrogen) atoms. The van der Waals surface area contributed by atoms with E-state index in [2.05, 4.69) is 0 Å². The predicted molar refractivity (Wildman–Crippen MR) is 47.1 cm³/mol. The summed E-state index contributed by atoms with van der Waals surface area (Å²) < 4.78 is 4.96. The van der Waals surface area contributed by atoms with Crippen molar-refractivity contribution in [1.82, 2.24) is 0 Å². The quantitative estimate of drug-likeness (QED) is 0.670. The molecule has 0 aromatic heterocycles. The van der Waals surface area contributed by atoms with Gasteiger partial charge < -0.3 is 9.84 Å². The lowest BCUT2D eigenvalue weighted by Gasteiger charge is -2.25. The van der Waals surface area contributed by atoms with Crippen molar-refractivity contribution in [3.63, 3.8) is 0 Å². The van der Waals surface area contributed by atoms with E-state index in [1.54, 1.807) is 0 Å². The molecule has 0 bridgehead atoms. The average molecular weight is 185 g/mol. The molecule has 0 spiro atoms. The lowest BCUT2D eigenvalue weighted by atomic mass is 9.82. The van der Waals surface area contributed by atoms with Crippen LogP contribution in [0.3, 0.4) is 0 Å². The van der Waals surface area contributed by atoms with E-state index in [9.17, 15) is 4.79 Å². The molecule has 0 radical (unpaired) electrons. The van der Waals surface area contributed by atoms with Gasteiger partial charge in [-0.3, -0.25) is 4.79 Å². The highest BCUT2D eigenvalue weighted by Gasteiger charge is 2.40. The minimum absolute atomic E-state index is 0.304. The molecule has 0 aromatic carbocycles. The second kappa shape index (κ2) is 5.55. The minimum atomic E-state index is -1.18. The van der Waals surface area contributed by atoms with Crippen LogP contribution in [0, 0.1) is 16.7 Å². The summed E-state index contributed by atoms with van der Waals surface area (Å²) >= 11 is 0. The van der Waals surface area contributed by atoms with Crippen molar-refractivity contribution in [2.75, 3.05) is 13.2 Å². The number of hydrogen-bond acceptors (Lipinski definition) is 3. The van der Waals surface area contributed by atoms with Gasteiger partial charge >= 0.3 is 5.97 Å². The molecule has 74 valence electrons. The van der Waals surface area contributed by atoms with Crippen LogP contribution in [0.1, 0.15) is 26.7 Å². The van der Waals surface area contributed by atoms with Crippen molar-refractivity contribution in [2.24, 2.45) is 5.41 Å². The van der Waals surface area contributed by atoms with Crippen LogP contribution < -0.4 is 0 Å². The van der Waals surface area contributed by atoms with Crippen LogP contribution in [-0.2, 0) is 9.53 Å². The van der Waals surface area contributed by atoms with Gasteiger partial charge in [0.1, 0.15) is 0 Å². The Bertz CT molecular complexity index is 201. The first kappa shape index (κ1) is 11.9. The van der Waals surface area contributed by atoms with Gasteiger partial charge in [-0.05, 0) is 0 Å². The molecule has 4 nitrogen and oxygen atoms in total. The summed E-state index contributed by atoms with van der Waals surface area (Å²) in [6, 6.07) is 1.84. The number of carboxylic acids is 1. The number of ether oxygens (including phenoxy) is 1. The highest BCUT2D eigenvalue weighted by atomic mass is 16.5. The van der Waals surface area contributed by atoms with E-state index >= 15 is 0 Å². The molecule has 0 saturated carbocycles. The third-order valence-electron chi connectivity index (χ3n) is 1.97. The fraction of sp³-hybridized carbons (Fsp3) is 0.778. The molecule has 4 heteroatoms. The Morgan fingerprint density at radius 1 is 1.46 bits per heavy atom. The second-order valence-electron chi connectivity index (χ2n) is 2.61. The first-order chi connectivity index (χ1) is 6.21. The maximum Gasteiger partial charge on any atom is 0.324 e. The molecule has 0 aliphatic carbocycles. The van der Waals surface area contributed by atoms with Crippen LogP contribution >= 0.6 is 0 Å². The number of hydrogen-bond donors (Lipinski definition) is 1. The third kappa shape index (κ3) is 2.71. The summed E-state index contributed by atoms with van der Waals surface area (Å²) in [5.74, 6) is -1.02. The molecule has 1 aliphatic heterocycles. The second-order valence-corrected chi connectivity index (χ2v) is 2.61. The van der Waals surface area contributed by atoms with Gasteiger partial charge in [-0.2, -0.15) is 5.26 Å². The zero-order valence-corrected chi connectivity index (χ0v) is 8.04. The number of carboxylic acid groups (broad SMARTS) is 1. The molecule has 0 amide bonds. The molecule has 1 saturated heterocycles. The van der Waals surface area contributed by atoms with E-state index in [0.29, 0.717) is 26.1 Å². The Labute approximate surface area is 78.1 Å². The van der Waals surface area contributed by atoms with Crippen LogP contribution in [0.5, 0.6) is 0 Å². The normalized spacial score (nSPS) is 19.2. The summed E-state index contributed by atoms with van der Waals surface area (Å²) in [7, 11) is 0. The molecular formula is C9H15NO3. The SMILES string of the molecule is CC.N#CC1(C(=O)O)CCOCC1. The molecular weight excluding hydrogens is 170 g/mol. The topological polar surface area (TPSA) is 70.3 Å². The Kier molecular flexibility index (Phi) is 5.09. The standard InChI is InChI=1S/C7H9NO3.C2H6/c8-5-7(6(9)10)1-3-11-4-2-7;1-2/h1-4H2,(H,9,10);1-2H3. The number of aliphatic carboxylic acids is 1. The van der Waals surface area contributed by atoms with Crippen LogP contribution in [0.25, 0.3) is 0 Å². The molecule has 0 unspecified atom stereocenters. The van der Waals surface area contributed by atoms with E-state index < -0.39 is 11.4 Å². The van der Waals surface area contributed by atoms with Gasteiger partial charge in [0, 0.05) is 26.1 Å². The molecule has 1 N–H and O–H groups in total. The van der Waals surface area contributed by atoms with Crippen LogP contribution in [0.2, 0.25) is 0 Å². The largest absolute Gasteiger partial charge is 0.480 e. The van der Waals surface area contributed by atoms with Gasteiger partial charge in [0.05, 0.1) is 6.07 Å². The molecule has 1 fully saturated rings. The fourth-order valence-corrected chi connectivity index (χ4v) is 1.09. The van der Waals surface area contributed by atoms with Gasteiger partial charge in [0.15, 0.2) is 5.41 Å². The molecule has 1 heterocycles. The summed E-state index contributed by atoms with van der Waals surface area (Å²) in [5, 5.41) is 17.3. The van der Waals surface area contributed by atoms with Gasteiger partial charge in [-0.25, -0.2) is 0 Å². The highest BCUT2D eigenvalue weighted by Crippen LogP contribution is 2.29. The van der Waals surface area contributed by atoms with Crippen LogP contribution in [0.4, 0.5) is 0 Å². The predicted octanol–water partition coefficient (Wildman–Crippen LogP) is 1.42. The molecule has 1 rings (SSSR count). The fourth-order valence-electron chi connectivity index (χ4n) is 1.09. The summed E-state index contributed by atoms with van der Waals surface area (Å²) in [6.07, 6.45) is 0.609. The lowest BCUT2D eigenvalue weighted by molar-refractivity contribution is -0.149. The van der Waals surface area contributed by atoms with Crippen molar-refractivity contribution in [1.29, 1.82) is 5.26 Å². The number of carbonyl (C=O) groups is 1. The van der Waals surface area contributed by atoms with Crippen molar-refractivity contribution in [3.8, 4) is 6.07 Å². The van der Waals surface area contributed by atoms with Gasteiger partial charge in [0.2, 0.25) is 0 Å². The monoisotopic (exact) mass is 185 g/mol. The lowest BCUT2D eigenvalue weighted by Crippen LogP contribution is -2.35. The van der Waals surface area contributed by atoms with Crippen molar-refractivity contribution in [3.05, 3.63) is 0 Å². The van der Waals surface area contributed by atoms with E-state index in [4.69, 9.17) is 15.1 Å². The highest BCUT2D eigenvalue weighted by molar-refractivity contribution is 5.78. The third-order valence-corrected chi connectivity index (χ3v) is 1.97. The Balaban J connectivity index is 0.000000671. The Morgan fingerprint density at radius 3 is 2.15 bits per heavy atom. The molecule has 0 atom stereocenters. The maximum absolute atomic E-state index is 10.6. The van der Waals surface area contributed by atoms with E-state index in [0.717, 1.165) is 0 Å². The first-order valence-corrected chi connectivity index (χ1v) is 4.44. The molecule has 1 aliphatic rings. The van der Waals surface area contributed by atoms with Gasteiger partial charge in [-0.15, -0.1) is 0 Å². The number of nitriles is 1. The number of nitrogens with zero attached hydrogens (tertiary/aromatic N) is 1. The van der Waals surface area contributed by atoms with E-state index in [-0.39, 0.29) is 0 Å². The Hall–Kier alpha value is -1.08. The minimum Gasteiger partial charge on any atom is -0.480 e. The summed E-state index contributed by atoms with van der Waals surface area (Å²) in [4.78, 5) is 10.6. The van der Waals surface area contributed by atoms with Gasteiger partial charge in [-0.1, -0.05) is 13.8 Å². The Morgan fingerprint density at radius 2 is 1.92 bits per heavy atom. The number of rotatable bonds is 1.